The molecule has 3 N–H and O–H groups in total. The zero-order chi connectivity index (χ0) is 11.0. The maximum Gasteiger partial charge on any atom is 0.113 e. The molecule has 2 unspecified atom stereocenters. The number of aliphatic hydroxyl groups excluding tert-OH is 1. The molecule has 0 radical (unpaired) electrons. The Hall–Kier alpha value is -0.970. The minimum atomic E-state index is -0.564. The zero-order valence-electron chi connectivity index (χ0n) is 8.77. The van der Waals surface area contributed by atoms with Gasteiger partial charge in [-0.2, -0.15) is 0 Å². The summed E-state index contributed by atoms with van der Waals surface area (Å²) in [5, 5.41) is 10.2. The fourth-order valence-electron chi connectivity index (χ4n) is 1.45. The van der Waals surface area contributed by atoms with E-state index in [0.29, 0.717) is 0 Å². The quantitative estimate of drug-likeness (QED) is 0.817. The topological polar surface area (TPSA) is 59.1 Å². The van der Waals surface area contributed by atoms with Gasteiger partial charge in [0.15, 0.2) is 0 Å². The SMILES string of the molecule is Cc1cccc2sc(C(N)C(C)O)nc12. The van der Waals surface area contributed by atoms with Crippen LogP contribution in [0.2, 0.25) is 0 Å². The third kappa shape index (κ3) is 1.88. The lowest BCUT2D eigenvalue weighted by Gasteiger charge is -2.10. The highest BCUT2D eigenvalue weighted by Crippen LogP contribution is 2.28. The number of aryl methyl sites for hydroxylation is 1. The summed E-state index contributed by atoms with van der Waals surface area (Å²) in [7, 11) is 0. The van der Waals surface area contributed by atoms with E-state index in [9.17, 15) is 5.11 Å². The van der Waals surface area contributed by atoms with Crippen LogP contribution in [-0.2, 0) is 0 Å². The number of benzene rings is 1. The molecule has 2 aromatic rings. The summed E-state index contributed by atoms with van der Waals surface area (Å²) in [6.07, 6.45) is -0.564. The summed E-state index contributed by atoms with van der Waals surface area (Å²) in [5.41, 5.74) is 7.99. The van der Waals surface area contributed by atoms with Gasteiger partial charge in [-0.25, -0.2) is 4.98 Å². The first kappa shape index (κ1) is 10.5. The number of nitrogens with two attached hydrogens (primary N) is 1. The molecule has 80 valence electrons. The number of rotatable bonds is 2. The number of aliphatic hydroxyl groups is 1. The molecule has 2 rings (SSSR count). The van der Waals surface area contributed by atoms with Crippen LogP contribution in [0.5, 0.6) is 0 Å². The van der Waals surface area contributed by atoms with Gasteiger partial charge in [-0.1, -0.05) is 12.1 Å². The third-order valence-electron chi connectivity index (χ3n) is 2.44. The van der Waals surface area contributed by atoms with Crippen molar-refractivity contribution in [3.63, 3.8) is 0 Å². The molecule has 3 nitrogen and oxygen atoms in total. The van der Waals surface area contributed by atoms with Gasteiger partial charge in [-0.3, -0.25) is 0 Å². The normalized spacial score (nSPS) is 15.5. The smallest absolute Gasteiger partial charge is 0.113 e. The van der Waals surface area contributed by atoms with Crippen molar-refractivity contribution >= 4 is 21.6 Å². The Morgan fingerprint density at radius 1 is 1.47 bits per heavy atom. The average Bonchev–Trinajstić information content (AvgIpc) is 2.61. The summed E-state index contributed by atoms with van der Waals surface area (Å²) in [6.45, 7) is 3.71. The Labute approximate surface area is 92.6 Å². The highest BCUT2D eigenvalue weighted by Gasteiger charge is 2.16. The number of aromatic nitrogens is 1. The number of hydrogen-bond acceptors (Lipinski definition) is 4. The first-order chi connectivity index (χ1) is 7.09. The maximum absolute atomic E-state index is 9.41. The summed E-state index contributed by atoms with van der Waals surface area (Å²) >= 11 is 1.55. The van der Waals surface area contributed by atoms with Crippen LogP contribution < -0.4 is 5.73 Å². The fraction of sp³-hybridized carbons (Fsp3) is 0.364. The second-order valence-corrected chi connectivity index (χ2v) is 4.80. The van der Waals surface area contributed by atoms with Crippen molar-refractivity contribution < 1.29 is 5.11 Å². The average molecular weight is 222 g/mol. The van der Waals surface area contributed by atoms with Gasteiger partial charge in [0, 0.05) is 0 Å². The van der Waals surface area contributed by atoms with E-state index in [1.54, 1.807) is 18.3 Å². The summed E-state index contributed by atoms with van der Waals surface area (Å²) in [6, 6.07) is 5.67. The first-order valence-electron chi connectivity index (χ1n) is 4.89. The highest BCUT2D eigenvalue weighted by atomic mass is 32.1. The molecule has 0 bridgehead atoms. The van der Waals surface area contributed by atoms with Gasteiger partial charge in [0.1, 0.15) is 5.01 Å². The van der Waals surface area contributed by atoms with Crippen molar-refractivity contribution in [3.05, 3.63) is 28.8 Å². The van der Waals surface area contributed by atoms with Gasteiger partial charge < -0.3 is 10.8 Å². The number of thiazole rings is 1. The Morgan fingerprint density at radius 2 is 2.20 bits per heavy atom. The molecule has 1 aromatic carbocycles. The molecule has 1 aromatic heterocycles. The molecule has 0 aliphatic rings. The zero-order valence-corrected chi connectivity index (χ0v) is 9.58. The van der Waals surface area contributed by atoms with E-state index in [2.05, 4.69) is 4.98 Å². The predicted molar refractivity (Wildman–Crippen MR) is 63.0 cm³/mol. The van der Waals surface area contributed by atoms with Crippen molar-refractivity contribution in [2.24, 2.45) is 5.73 Å². The number of hydrogen-bond donors (Lipinski definition) is 2. The summed E-state index contributed by atoms with van der Waals surface area (Å²) < 4.78 is 1.13. The molecule has 0 spiro atoms. The minimum Gasteiger partial charge on any atom is -0.391 e. The molecular formula is C11H14N2OS. The molecule has 4 heteroatoms. The summed E-state index contributed by atoms with van der Waals surface area (Å²) in [5.74, 6) is 0. The van der Waals surface area contributed by atoms with Crippen molar-refractivity contribution in [1.82, 2.24) is 4.98 Å². The van der Waals surface area contributed by atoms with Crippen molar-refractivity contribution in [1.29, 1.82) is 0 Å². The van der Waals surface area contributed by atoms with Crippen LogP contribution in [0.15, 0.2) is 18.2 Å². The summed E-state index contributed by atoms with van der Waals surface area (Å²) in [4.78, 5) is 4.47. The van der Waals surface area contributed by atoms with Crippen molar-refractivity contribution in [2.75, 3.05) is 0 Å². The van der Waals surface area contributed by atoms with Gasteiger partial charge in [0.25, 0.3) is 0 Å². The van der Waals surface area contributed by atoms with E-state index in [0.717, 1.165) is 20.8 Å². The molecule has 1 heterocycles. The van der Waals surface area contributed by atoms with Crippen LogP contribution in [0.25, 0.3) is 10.2 Å². The van der Waals surface area contributed by atoms with Gasteiger partial charge in [0.05, 0.1) is 22.4 Å². The molecule has 0 saturated heterocycles. The Morgan fingerprint density at radius 3 is 2.80 bits per heavy atom. The maximum atomic E-state index is 9.41. The molecule has 0 fully saturated rings. The molecule has 0 aliphatic heterocycles. The van der Waals surface area contributed by atoms with Gasteiger partial charge in [0.2, 0.25) is 0 Å². The number of para-hydroxylation sites is 1. The van der Waals surface area contributed by atoms with Crippen LogP contribution in [0.3, 0.4) is 0 Å². The monoisotopic (exact) mass is 222 g/mol. The molecule has 0 amide bonds. The van der Waals surface area contributed by atoms with Crippen molar-refractivity contribution in [2.45, 2.75) is 26.0 Å². The second-order valence-electron chi connectivity index (χ2n) is 3.74. The predicted octanol–water partition coefficient (Wildman–Crippen LogP) is 1.99. The molecular weight excluding hydrogens is 208 g/mol. The number of nitrogens with zero attached hydrogens (tertiary/aromatic N) is 1. The van der Waals surface area contributed by atoms with E-state index in [4.69, 9.17) is 5.73 Å². The fourth-order valence-corrected chi connectivity index (χ4v) is 2.60. The van der Waals surface area contributed by atoms with E-state index in [1.807, 2.05) is 25.1 Å². The Bertz CT molecular complexity index is 478. The third-order valence-corrected chi connectivity index (χ3v) is 3.56. The standard InChI is InChI=1S/C11H14N2OS/c1-6-4-3-5-8-10(6)13-11(15-8)9(12)7(2)14/h3-5,7,9,14H,12H2,1-2H3. The van der Waals surface area contributed by atoms with Crippen LogP contribution in [0.4, 0.5) is 0 Å². The van der Waals surface area contributed by atoms with E-state index < -0.39 is 6.10 Å². The Kier molecular flexibility index (Phi) is 2.73. The lowest BCUT2D eigenvalue weighted by molar-refractivity contribution is 0.164. The lowest BCUT2D eigenvalue weighted by Crippen LogP contribution is -2.22. The molecule has 2 atom stereocenters. The van der Waals surface area contributed by atoms with E-state index in [-0.39, 0.29) is 6.04 Å². The molecule has 0 aliphatic carbocycles. The van der Waals surface area contributed by atoms with Crippen LogP contribution >= 0.6 is 11.3 Å². The van der Waals surface area contributed by atoms with Crippen LogP contribution in [-0.4, -0.2) is 16.2 Å². The first-order valence-corrected chi connectivity index (χ1v) is 5.71. The van der Waals surface area contributed by atoms with Gasteiger partial charge >= 0.3 is 0 Å². The second kappa shape index (κ2) is 3.89. The van der Waals surface area contributed by atoms with Gasteiger partial charge in [-0.05, 0) is 25.5 Å². The molecule has 15 heavy (non-hydrogen) atoms. The minimum absolute atomic E-state index is 0.387. The van der Waals surface area contributed by atoms with E-state index in [1.165, 1.54) is 0 Å². The van der Waals surface area contributed by atoms with Crippen LogP contribution in [0, 0.1) is 6.92 Å². The van der Waals surface area contributed by atoms with Crippen molar-refractivity contribution in [3.8, 4) is 0 Å². The number of fused-ring (bicyclic) bond motifs is 1. The van der Waals surface area contributed by atoms with E-state index >= 15 is 0 Å². The molecule has 0 saturated carbocycles. The largest absolute Gasteiger partial charge is 0.391 e. The van der Waals surface area contributed by atoms with Gasteiger partial charge in [-0.15, -0.1) is 11.3 Å². The van der Waals surface area contributed by atoms with Crippen LogP contribution in [0.1, 0.15) is 23.5 Å². The Balaban J connectivity index is 2.52. The lowest BCUT2D eigenvalue weighted by atomic mass is 10.2. The highest BCUT2D eigenvalue weighted by molar-refractivity contribution is 7.18.